The van der Waals surface area contributed by atoms with Crippen LogP contribution in [0.4, 0.5) is 11.4 Å². The summed E-state index contributed by atoms with van der Waals surface area (Å²) in [5.74, 6) is -1.69. The highest BCUT2D eigenvalue weighted by Gasteiger charge is 2.64. The van der Waals surface area contributed by atoms with E-state index in [2.05, 4.69) is 0 Å². The third-order valence-electron chi connectivity index (χ3n) is 5.74. The van der Waals surface area contributed by atoms with Crippen molar-refractivity contribution in [1.29, 1.82) is 0 Å². The Balaban J connectivity index is 1.86. The van der Waals surface area contributed by atoms with Gasteiger partial charge in [-0.05, 0) is 11.6 Å². The number of fused-ring (bicyclic) bond motifs is 1. The van der Waals surface area contributed by atoms with E-state index >= 15 is 0 Å². The molecule has 1 amide bonds. The molecule has 160 valence electrons. The topological polar surface area (TPSA) is 142 Å². The number of rotatable bonds is 5. The fourth-order valence-electron chi connectivity index (χ4n) is 4.32. The predicted molar refractivity (Wildman–Crippen MR) is 104 cm³/mol. The standard InChI is InChI=1S/C20H17N3O8/c1-30-19(25)20(14-8-7-13(22(26)27)9-15(14)23(28)29)10-17-21(18(20)24)16(11-31-17)12-5-3-2-4-6-12/h2-9,16-17H,10-11H2,1H3/t16-,17-,20-/m0/s1. The largest absolute Gasteiger partial charge is 0.468 e. The van der Waals surface area contributed by atoms with E-state index in [0.717, 1.165) is 30.9 Å². The molecule has 11 heteroatoms. The smallest absolute Gasteiger partial charge is 0.326 e. The molecule has 3 atom stereocenters. The fourth-order valence-corrected chi connectivity index (χ4v) is 4.32. The SMILES string of the molecule is COC(=O)[C@]1(c2ccc([N+](=O)[O-])cc2[N+](=O)[O-])C[C@@H]2OC[C@@H](c3ccccc3)N2C1=O. The van der Waals surface area contributed by atoms with Gasteiger partial charge in [0.2, 0.25) is 5.91 Å². The minimum Gasteiger partial charge on any atom is -0.468 e. The van der Waals surface area contributed by atoms with Crippen molar-refractivity contribution in [2.45, 2.75) is 24.1 Å². The minimum absolute atomic E-state index is 0.208. The molecule has 2 fully saturated rings. The molecule has 2 heterocycles. The summed E-state index contributed by atoms with van der Waals surface area (Å²) in [5.41, 5.74) is -2.75. The molecule has 2 aliphatic rings. The molecule has 11 nitrogen and oxygen atoms in total. The van der Waals surface area contributed by atoms with Crippen LogP contribution in [0.2, 0.25) is 0 Å². The Bertz CT molecular complexity index is 1090. The molecule has 2 saturated heterocycles. The van der Waals surface area contributed by atoms with E-state index in [1.807, 2.05) is 18.2 Å². The van der Waals surface area contributed by atoms with Gasteiger partial charge in [0.15, 0.2) is 5.41 Å². The Hall–Kier alpha value is -3.86. The third-order valence-corrected chi connectivity index (χ3v) is 5.74. The lowest BCUT2D eigenvalue weighted by Gasteiger charge is -2.27. The van der Waals surface area contributed by atoms with E-state index in [-0.39, 0.29) is 18.6 Å². The second-order valence-corrected chi connectivity index (χ2v) is 7.24. The fraction of sp³-hybridized carbons (Fsp3) is 0.300. The van der Waals surface area contributed by atoms with Crippen molar-refractivity contribution in [1.82, 2.24) is 4.90 Å². The van der Waals surface area contributed by atoms with E-state index in [1.54, 1.807) is 12.1 Å². The van der Waals surface area contributed by atoms with Gasteiger partial charge >= 0.3 is 5.97 Å². The zero-order chi connectivity index (χ0) is 22.3. The molecule has 4 rings (SSSR count). The number of hydrogen-bond acceptors (Lipinski definition) is 8. The number of nitro groups is 2. The van der Waals surface area contributed by atoms with Crippen LogP contribution < -0.4 is 0 Å². The lowest BCUT2D eigenvalue weighted by molar-refractivity contribution is -0.394. The first-order valence-corrected chi connectivity index (χ1v) is 9.32. The van der Waals surface area contributed by atoms with E-state index in [4.69, 9.17) is 9.47 Å². The summed E-state index contributed by atoms with van der Waals surface area (Å²) >= 11 is 0. The van der Waals surface area contributed by atoms with Crippen molar-refractivity contribution in [2.24, 2.45) is 0 Å². The zero-order valence-corrected chi connectivity index (χ0v) is 16.3. The maximum absolute atomic E-state index is 13.7. The van der Waals surface area contributed by atoms with Crippen LogP contribution in [0.25, 0.3) is 0 Å². The van der Waals surface area contributed by atoms with Gasteiger partial charge in [0.25, 0.3) is 11.4 Å². The summed E-state index contributed by atoms with van der Waals surface area (Å²) < 4.78 is 10.6. The number of carbonyl (C=O) groups is 2. The van der Waals surface area contributed by atoms with E-state index < -0.39 is 50.8 Å². The van der Waals surface area contributed by atoms with Crippen molar-refractivity contribution >= 4 is 23.3 Å². The Morgan fingerprint density at radius 3 is 2.48 bits per heavy atom. The number of nitrogens with zero attached hydrogens (tertiary/aromatic N) is 3. The van der Waals surface area contributed by atoms with Gasteiger partial charge in [0, 0.05) is 12.5 Å². The molecule has 0 bridgehead atoms. The first-order chi connectivity index (χ1) is 14.8. The molecule has 0 radical (unpaired) electrons. The van der Waals surface area contributed by atoms with Gasteiger partial charge < -0.3 is 14.4 Å². The maximum Gasteiger partial charge on any atom is 0.326 e. The number of non-ortho nitro benzene ring substituents is 1. The molecular weight excluding hydrogens is 410 g/mol. The molecule has 0 aliphatic carbocycles. The quantitative estimate of drug-likeness (QED) is 0.306. The van der Waals surface area contributed by atoms with E-state index in [9.17, 15) is 29.8 Å². The van der Waals surface area contributed by atoms with Crippen molar-refractivity contribution in [2.75, 3.05) is 13.7 Å². The van der Waals surface area contributed by atoms with Crippen molar-refractivity contribution < 1.29 is 28.9 Å². The average Bonchev–Trinajstić information content (AvgIpc) is 3.31. The van der Waals surface area contributed by atoms with Crippen LogP contribution in [0, 0.1) is 20.2 Å². The van der Waals surface area contributed by atoms with Crippen LogP contribution in [-0.2, 0) is 24.5 Å². The molecule has 2 aliphatic heterocycles. The third kappa shape index (κ3) is 3.01. The second kappa shape index (κ2) is 7.43. The van der Waals surface area contributed by atoms with Gasteiger partial charge in [-0.15, -0.1) is 0 Å². The molecule has 2 aromatic carbocycles. The summed E-state index contributed by atoms with van der Waals surface area (Å²) in [6.45, 7) is 0.208. The van der Waals surface area contributed by atoms with Crippen molar-refractivity contribution in [3.63, 3.8) is 0 Å². The van der Waals surface area contributed by atoms with Gasteiger partial charge in [0.05, 0.1) is 41.2 Å². The summed E-state index contributed by atoms with van der Waals surface area (Å²) in [4.78, 5) is 49.2. The molecular formula is C20H17N3O8. The van der Waals surface area contributed by atoms with E-state index in [0.29, 0.717) is 0 Å². The number of ether oxygens (including phenoxy) is 2. The number of nitro benzene ring substituents is 2. The highest BCUT2D eigenvalue weighted by atomic mass is 16.6. The Kier molecular flexibility index (Phi) is 4.90. The van der Waals surface area contributed by atoms with Crippen LogP contribution >= 0.6 is 0 Å². The molecule has 0 saturated carbocycles. The number of esters is 1. The van der Waals surface area contributed by atoms with Gasteiger partial charge in [-0.2, -0.15) is 0 Å². The highest BCUT2D eigenvalue weighted by molar-refractivity contribution is 6.11. The first kappa shape index (κ1) is 20.4. The highest BCUT2D eigenvalue weighted by Crippen LogP contribution is 2.50. The second-order valence-electron chi connectivity index (χ2n) is 7.24. The number of carbonyl (C=O) groups excluding carboxylic acids is 2. The predicted octanol–water partition coefficient (Wildman–Crippen LogP) is 2.24. The minimum atomic E-state index is -2.05. The maximum atomic E-state index is 13.7. The monoisotopic (exact) mass is 427 g/mol. The average molecular weight is 427 g/mol. The van der Waals surface area contributed by atoms with Crippen LogP contribution in [0.15, 0.2) is 48.5 Å². The zero-order valence-electron chi connectivity index (χ0n) is 16.3. The van der Waals surface area contributed by atoms with Crippen LogP contribution in [0.5, 0.6) is 0 Å². The van der Waals surface area contributed by atoms with Crippen molar-refractivity contribution in [3.05, 3.63) is 79.9 Å². The van der Waals surface area contributed by atoms with Gasteiger partial charge in [-0.3, -0.25) is 29.8 Å². The molecule has 0 spiro atoms. The van der Waals surface area contributed by atoms with Gasteiger partial charge in [0.1, 0.15) is 6.23 Å². The summed E-state index contributed by atoms with van der Waals surface area (Å²) in [6, 6.07) is 11.4. The number of benzene rings is 2. The Morgan fingerprint density at radius 1 is 1.16 bits per heavy atom. The first-order valence-electron chi connectivity index (χ1n) is 9.32. The molecule has 2 aromatic rings. The Morgan fingerprint density at radius 2 is 1.87 bits per heavy atom. The van der Waals surface area contributed by atoms with Crippen molar-refractivity contribution in [3.8, 4) is 0 Å². The number of amides is 1. The molecule has 0 aromatic heterocycles. The van der Waals surface area contributed by atoms with E-state index in [1.165, 1.54) is 4.90 Å². The van der Waals surface area contributed by atoms with Crippen LogP contribution in [0.1, 0.15) is 23.6 Å². The lowest BCUT2D eigenvalue weighted by Crippen LogP contribution is -2.46. The number of methoxy groups -OCH3 is 1. The summed E-state index contributed by atoms with van der Waals surface area (Å²) in [7, 11) is 1.08. The molecule has 31 heavy (non-hydrogen) atoms. The lowest BCUT2D eigenvalue weighted by atomic mass is 9.77. The van der Waals surface area contributed by atoms with Gasteiger partial charge in [-0.1, -0.05) is 30.3 Å². The normalized spacial score (nSPS) is 24.7. The summed E-state index contributed by atoms with van der Waals surface area (Å²) in [5, 5.41) is 22.8. The molecule has 0 N–H and O–H groups in total. The summed E-state index contributed by atoms with van der Waals surface area (Å²) in [6.07, 6.45) is -1.01. The number of hydrogen-bond donors (Lipinski definition) is 0. The van der Waals surface area contributed by atoms with Crippen LogP contribution in [0.3, 0.4) is 0 Å². The van der Waals surface area contributed by atoms with Crippen LogP contribution in [-0.4, -0.2) is 46.6 Å². The van der Waals surface area contributed by atoms with Gasteiger partial charge in [-0.25, -0.2) is 0 Å². The Labute approximate surface area is 175 Å². The molecule has 0 unspecified atom stereocenters.